The molecule has 0 aromatic rings. The number of thioether (sulfide) groups is 2. The molecule has 0 aliphatic carbocycles. The summed E-state index contributed by atoms with van der Waals surface area (Å²) < 4.78 is 22.0. The Labute approximate surface area is 193 Å². The van der Waals surface area contributed by atoms with Gasteiger partial charge in [0.05, 0.1) is 17.3 Å². The van der Waals surface area contributed by atoms with Gasteiger partial charge in [-0.2, -0.15) is 23.5 Å². The maximum atomic E-state index is 11.1. The second-order valence-electron chi connectivity index (χ2n) is 8.76. The Kier molecular flexibility index (Phi) is 13.3. The van der Waals surface area contributed by atoms with Crippen molar-refractivity contribution in [3.63, 3.8) is 0 Å². The number of nitrogens with zero attached hydrogens (tertiary/aromatic N) is 3. The summed E-state index contributed by atoms with van der Waals surface area (Å²) in [5.74, 6) is 5.42. The number of amides is 1. The highest BCUT2D eigenvalue weighted by molar-refractivity contribution is 8.00. The molecule has 0 spiro atoms. The Bertz CT molecular complexity index is 578. The fourth-order valence-electron chi connectivity index (χ4n) is 3.41. The summed E-state index contributed by atoms with van der Waals surface area (Å²) in [4.78, 5) is 17.8. The molecule has 1 amide bonds. The smallest absolute Gasteiger partial charge is 0.232 e. The van der Waals surface area contributed by atoms with E-state index < -0.39 is 9.84 Å². The summed E-state index contributed by atoms with van der Waals surface area (Å²) in [6, 6.07) is 1.62. The number of hydrogen-bond acceptors (Lipinski definition) is 7. The lowest BCUT2D eigenvalue weighted by molar-refractivity contribution is -0.130. The van der Waals surface area contributed by atoms with Gasteiger partial charge in [-0.25, -0.2) is 8.42 Å². The topological polar surface area (TPSA) is 60.9 Å². The second kappa shape index (κ2) is 14.2. The molecule has 3 fully saturated rings. The van der Waals surface area contributed by atoms with Gasteiger partial charge in [0, 0.05) is 68.1 Å². The molecule has 9 heteroatoms. The van der Waals surface area contributed by atoms with E-state index in [0.29, 0.717) is 48.3 Å². The normalized spacial score (nSPS) is 23.1. The second-order valence-corrected chi connectivity index (χ2v) is 13.4. The van der Waals surface area contributed by atoms with E-state index >= 15 is 0 Å². The number of hydrogen-bond donors (Lipinski definition) is 0. The standard InChI is InChI=1S/C7H15NO2S.C7H13NOS.C7H15NS/c1-7(2)8-3-5-11(9,10)6-4-8;1-6(2)8-3-4-10-5-7(8)9;1-7(2)8-3-5-9-6-4-8/h7H,3-6H2,1-2H3;6H,3-5H2,1-2H3;7H,3-6H2,1-2H3. The first-order valence-corrected chi connectivity index (χ1v) is 15.3. The molecule has 3 saturated heterocycles. The van der Waals surface area contributed by atoms with Crippen molar-refractivity contribution in [3.05, 3.63) is 0 Å². The molecular weight excluding hydrogens is 438 g/mol. The first-order valence-electron chi connectivity index (χ1n) is 11.2. The van der Waals surface area contributed by atoms with Crippen LogP contribution in [0.5, 0.6) is 0 Å². The molecule has 0 aromatic carbocycles. The highest BCUT2D eigenvalue weighted by Crippen LogP contribution is 2.13. The quantitative estimate of drug-likeness (QED) is 0.614. The fourth-order valence-corrected chi connectivity index (χ4v) is 6.38. The van der Waals surface area contributed by atoms with Crippen LogP contribution in [0.1, 0.15) is 41.5 Å². The van der Waals surface area contributed by atoms with Gasteiger partial charge in [-0.15, -0.1) is 0 Å². The van der Waals surface area contributed by atoms with Gasteiger partial charge in [0.1, 0.15) is 0 Å². The maximum absolute atomic E-state index is 11.1. The third-order valence-corrected chi connectivity index (χ3v) is 9.01. The molecular formula is C21H43N3O3S3. The number of carbonyl (C=O) groups excluding carboxylic acids is 1. The lowest BCUT2D eigenvalue weighted by Crippen LogP contribution is -2.43. The van der Waals surface area contributed by atoms with Gasteiger partial charge in [0.2, 0.25) is 5.91 Å². The molecule has 3 aliphatic heterocycles. The van der Waals surface area contributed by atoms with Crippen LogP contribution < -0.4 is 0 Å². The summed E-state index contributed by atoms with van der Waals surface area (Å²) in [5.41, 5.74) is 0. The molecule has 0 atom stereocenters. The van der Waals surface area contributed by atoms with Gasteiger partial charge in [-0.05, 0) is 41.5 Å². The SMILES string of the molecule is CC(C)N1CCS(=O)(=O)CC1.CC(C)N1CCSCC1.CC(C)N1CCSCC1=O. The van der Waals surface area contributed by atoms with Crippen LogP contribution in [0.3, 0.4) is 0 Å². The molecule has 0 saturated carbocycles. The van der Waals surface area contributed by atoms with Crippen molar-refractivity contribution < 1.29 is 13.2 Å². The molecule has 30 heavy (non-hydrogen) atoms. The molecule has 6 nitrogen and oxygen atoms in total. The van der Waals surface area contributed by atoms with Gasteiger partial charge in [0.25, 0.3) is 0 Å². The number of rotatable bonds is 3. The molecule has 178 valence electrons. The van der Waals surface area contributed by atoms with Crippen molar-refractivity contribution in [1.82, 2.24) is 14.7 Å². The van der Waals surface area contributed by atoms with Crippen molar-refractivity contribution in [2.75, 3.05) is 67.2 Å². The van der Waals surface area contributed by atoms with Crippen molar-refractivity contribution in [2.45, 2.75) is 59.7 Å². The number of carbonyl (C=O) groups is 1. The molecule has 0 N–H and O–H groups in total. The molecule has 3 heterocycles. The van der Waals surface area contributed by atoms with Crippen LogP contribution in [-0.2, 0) is 14.6 Å². The minimum Gasteiger partial charge on any atom is -0.339 e. The van der Waals surface area contributed by atoms with Gasteiger partial charge >= 0.3 is 0 Å². The molecule has 0 bridgehead atoms. The summed E-state index contributed by atoms with van der Waals surface area (Å²) in [6.07, 6.45) is 0. The molecule has 0 radical (unpaired) electrons. The van der Waals surface area contributed by atoms with Gasteiger partial charge in [0.15, 0.2) is 9.84 Å². The molecule has 0 aromatic heterocycles. The van der Waals surface area contributed by atoms with Gasteiger partial charge in [-0.1, -0.05) is 0 Å². The van der Waals surface area contributed by atoms with E-state index in [0.717, 1.165) is 18.3 Å². The Morgan fingerprint density at radius 2 is 1.17 bits per heavy atom. The van der Waals surface area contributed by atoms with E-state index in [1.165, 1.54) is 24.6 Å². The molecule has 3 aliphatic rings. The zero-order chi connectivity index (χ0) is 22.7. The summed E-state index contributed by atoms with van der Waals surface area (Å²) >= 11 is 3.81. The van der Waals surface area contributed by atoms with Crippen molar-refractivity contribution in [1.29, 1.82) is 0 Å². The van der Waals surface area contributed by atoms with E-state index in [-0.39, 0.29) is 0 Å². The van der Waals surface area contributed by atoms with E-state index in [9.17, 15) is 13.2 Å². The molecule has 3 rings (SSSR count). The Hall–Kier alpha value is 0.0400. The summed E-state index contributed by atoms with van der Waals surface area (Å²) in [5, 5.41) is 0. The van der Waals surface area contributed by atoms with Crippen LogP contribution in [0, 0.1) is 0 Å². The third-order valence-electron chi connectivity index (χ3n) is 5.53. The van der Waals surface area contributed by atoms with Crippen LogP contribution in [-0.4, -0.2) is 114 Å². The summed E-state index contributed by atoms with van der Waals surface area (Å²) in [6.45, 7) is 17.8. The highest BCUT2D eigenvalue weighted by atomic mass is 32.2. The molecule has 0 unspecified atom stereocenters. The fraction of sp³-hybridized carbons (Fsp3) is 0.952. The minimum atomic E-state index is -2.69. The van der Waals surface area contributed by atoms with Crippen LogP contribution in [0.4, 0.5) is 0 Å². The zero-order valence-corrected chi connectivity index (χ0v) is 22.3. The lowest BCUT2D eigenvalue weighted by Gasteiger charge is -2.29. The predicted octanol–water partition coefficient (Wildman–Crippen LogP) is 2.54. The van der Waals surface area contributed by atoms with Crippen LogP contribution in [0.25, 0.3) is 0 Å². The Morgan fingerprint density at radius 1 is 0.700 bits per heavy atom. The largest absolute Gasteiger partial charge is 0.339 e. The van der Waals surface area contributed by atoms with E-state index in [2.05, 4.69) is 63.1 Å². The monoisotopic (exact) mass is 481 g/mol. The van der Waals surface area contributed by atoms with Crippen LogP contribution in [0.15, 0.2) is 0 Å². The minimum absolute atomic E-state index is 0.297. The van der Waals surface area contributed by atoms with Crippen molar-refractivity contribution in [2.24, 2.45) is 0 Å². The number of sulfone groups is 1. The van der Waals surface area contributed by atoms with E-state index in [1.807, 2.05) is 4.90 Å². The third kappa shape index (κ3) is 11.1. The highest BCUT2D eigenvalue weighted by Gasteiger charge is 2.22. The van der Waals surface area contributed by atoms with Crippen molar-refractivity contribution in [3.8, 4) is 0 Å². The van der Waals surface area contributed by atoms with Crippen LogP contribution >= 0.6 is 23.5 Å². The Morgan fingerprint density at radius 3 is 1.53 bits per heavy atom. The Balaban J connectivity index is 0.000000226. The van der Waals surface area contributed by atoms with Crippen molar-refractivity contribution >= 4 is 39.3 Å². The first kappa shape index (κ1) is 28.1. The lowest BCUT2D eigenvalue weighted by atomic mass is 10.3. The van der Waals surface area contributed by atoms with E-state index in [1.54, 1.807) is 11.8 Å². The summed E-state index contributed by atoms with van der Waals surface area (Å²) in [7, 11) is -2.69. The predicted molar refractivity (Wildman–Crippen MR) is 134 cm³/mol. The van der Waals surface area contributed by atoms with Gasteiger partial charge < -0.3 is 4.90 Å². The van der Waals surface area contributed by atoms with Gasteiger partial charge in [-0.3, -0.25) is 14.6 Å². The average molecular weight is 482 g/mol. The van der Waals surface area contributed by atoms with Crippen LogP contribution in [0.2, 0.25) is 0 Å². The van der Waals surface area contributed by atoms with E-state index in [4.69, 9.17) is 0 Å². The maximum Gasteiger partial charge on any atom is 0.232 e. The zero-order valence-electron chi connectivity index (χ0n) is 19.8. The first-order chi connectivity index (χ1) is 14.0. The average Bonchev–Trinajstić information content (AvgIpc) is 2.69.